The highest BCUT2D eigenvalue weighted by atomic mass is 31.2. The Hall–Kier alpha value is -2.59. The summed E-state index contributed by atoms with van der Waals surface area (Å²) in [5, 5.41) is 22.7. The third kappa shape index (κ3) is 10.3. The molecule has 6 heteroatoms. The molecular weight excluding hydrogens is 651 g/mol. The maximum Gasteiger partial charge on any atom is 0.391 e. The molecule has 284 valence electrons. The van der Waals surface area contributed by atoms with Crippen molar-refractivity contribution in [1.82, 2.24) is 0 Å². The van der Waals surface area contributed by atoms with Crippen molar-refractivity contribution < 1.29 is 24.5 Å². The number of hydrogen-bond donors (Lipinski definition) is 4. The predicted molar refractivity (Wildman–Crippen MR) is 217 cm³/mol. The molecule has 0 saturated heterocycles. The second-order valence-corrected chi connectivity index (χ2v) is 19.5. The minimum absolute atomic E-state index is 0.0955. The minimum atomic E-state index is -2.55. The fraction of sp³-hybridized carbons (Fsp3) is 0.600. The quantitative estimate of drug-likeness (QED) is 0.104. The summed E-state index contributed by atoms with van der Waals surface area (Å²) in [6.07, 6.45) is 6.29. The van der Waals surface area contributed by atoms with Crippen LogP contribution < -0.4 is 4.52 Å². The van der Waals surface area contributed by atoms with Crippen molar-refractivity contribution in [3.05, 3.63) is 86.5 Å². The molecule has 51 heavy (non-hydrogen) atoms. The molecule has 0 aliphatic rings. The molecule has 5 nitrogen and oxygen atoms in total. The first kappa shape index (κ1) is 42.8. The highest BCUT2D eigenvalue weighted by Gasteiger charge is 2.41. The Morgan fingerprint density at radius 1 is 0.588 bits per heavy atom. The van der Waals surface area contributed by atoms with E-state index in [0.717, 1.165) is 59.1 Å². The van der Waals surface area contributed by atoms with Crippen molar-refractivity contribution >= 4 is 8.60 Å². The van der Waals surface area contributed by atoms with Gasteiger partial charge in [0.05, 0.1) is 0 Å². The van der Waals surface area contributed by atoms with Gasteiger partial charge in [0.2, 0.25) is 0 Å². The lowest BCUT2D eigenvalue weighted by molar-refractivity contribution is 0.368. The largest absolute Gasteiger partial charge is 0.508 e. The van der Waals surface area contributed by atoms with Crippen LogP contribution in [0.2, 0.25) is 0 Å². The molecule has 0 amide bonds. The molecule has 4 N–H and O–H groups in total. The first-order chi connectivity index (χ1) is 23.3. The van der Waals surface area contributed by atoms with E-state index in [4.69, 9.17) is 4.52 Å². The smallest absolute Gasteiger partial charge is 0.391 e. The number of phenols is 2. The molecule has 1 unspecified atom stereocenters. The van der Waals surface area contributed by atoms with Crippen molar-refractivity contribution in [3.63, 3.8) is 0 Å². The van der Waals surface area contributed by atoms with E-state index in [1.165, 1.54) is 29.5 Å². The van der Waals surface area contributed by atoms with E-state index in [1.807, 2.05) is 18.2 Å². The van der Waals surface area contributed by atoms with Crippen LogP contribution in [-0.2, 0) is 21.7 Å². The Kier molecular flexibility index (Phi) is 13.6. The highest BCUT2D eigenvalue weighted by Crippen LogP contribution is 2.52. The van der Waals surface area contributed by atoms with Crippen LogP contribution in [0.25, 0.3) is 0 Å². The molecule has 3 aromatic rings. The van der Waals surface area contributed by atoms with E-state index in [0.29, 0.717) is 23.2 Å². The van der Waals surface area contributed by atoms with Gasteiger partial charge in [-0.15, -0.1) is 0 Å². The Morgan fingerprint density at radius 2 is 1.06 bits per heavy atom. The maximum absolute atomic E-state index is 11.3. The first-order valence-electron chi connectivity index (χ1n) is 19.0. The molecule has 1 atom stereocenters. The molecule has 0 aliphatic heterocycles. The normalized spacial score (nSPS) is 13.7. The molecule has 0 saturated carbocycles. The second-order valence-electron chi connectivity index (χ2n) is 18.8. The Morgan fingerprint density at radius 3 is 1.47 bits per heavy atom. The van der Waals surface area contributed by atoms with E-state index in [-0.39, 0.29) is 22.2 Å². The van der Waals surface area contributed by atoms with Crippen LogP contribution in [0, 0.1) is 26.7 Å². The van der Waals surface area contributed by atoms with Crippen LogP contribution in [0.3, 0.4) is 0 Å². The van der Waals surface area contributed by atoms with E-state index in [2.05, 4.69) is 122 Å². The minimum Gasteiger partial charge on any atom is -0.508 e. The molecule has 0 aliphatic carbocycles. The zero-order valence-electron chi connectivity index (χ0n) is 34.5. The van der Waals surface area contributed by atoms with Gasteiger partial charge >= 0.3 is 8.60 Å². The van der Waals surface area contributed by atoms with E-state index in [9.17, 15) is 20.0 Å². The average Bonchev–Trinajstić information content (AvgIpc) is 2.94. The van der Waals surface area contributed by atoms with Crippen molar-refractivity contribution in [2.45, 2.75) is 170 Å². The average molecular weight is 721 g/mol. The van der Waals surface area contributed by atoms with Crippen molar-refractivity contribution in [3.8, 4) is 17.2 Å². The zero-order valence-corrected chi connectivity index (χ0v) is 35.4. The molecule has 0 bridgehead atoms. The summed E-state index contributed by atoms with van der Waals surface area (Å²) >= 11 is 0. The molecule has 0 fully saturated rings. The summed E-state index contributed by atoms with van der Waals surface area (Å²) in [5.74, 6) is 1.93. The van der Waals surface area contributed by atoms with E-state index in [1.54, 1.807) is 0 Å². The highest BCUT2D eigenvalue weighted by molar-refractivity contribution is 7.39. The molecule has 0 spiro atoms. The van der Waals surface area contributed by atoms with Crippen LogP contribution in [0.5, 0.6) is 17.2 Å². The summed E-state index contributed by atoms with van der Waals surface area (Å²) < 4.78 is 5.59. The van der Waals surface area contributed by atoms with Crippen LogP contribution in [0.1, 0.15) is 178 Å². The number of phenolic OH excluding ortho intramolecular Hbond substituents is 2. The molecule has 3 aromatic carbocycles. The van der Waals surface area contributed by atoms with Crippen LogP contribution in [0.4, 0.5) is 0 Å². The van der Waals surface area contributed by atoms with Crippen molar-refractivity contribution in [1.29, 1.82) is 0 Å². The fourth-order valence-corrected chi connectivity index (χ4v) is 8.45. The Bertz CT molecular complexity index is 1580. The maximum atomic E-state index is 11.3. The van der Waals surface area contributed by atoms with Crippen molar-refractivity contribution in [2.24, 2.45) is 5.92 Å². The fourth-order valence-electron chi connectivity index (χ4n) is 8.12. The third-order valence-corrected chi connectivity index (χ3v) is 11.1. The van der Waals surface area contributed by atoms with Gasteiger partial charge < -0.3 is 24.5 Å². The van der Waals surface area contributed by atoms with Gasteiger partial charge in [-0.05, 0) is 124 Å². The molecule has 0 aromatic heterocycles. The third-order valence-electron chi connectivity index (χ3n) is 10.8. The number of rotatable bonds is 13. The second kappa shape index (κ2) is 16.2. The van der Waals surface area contributed by atoms with Gasteiger partial charge in [0.1, 0.15) is 17.2 Å². The topological polar surface area (TPSA) is 90.2 Å². The Balaban J connectivity index is 2.46. The summed E-state index contributed by atoms with van der Waals surface area (Å²) in [5.41, 5.74) is 8.38. The first-order valence-corrected chi connectivity index (χ1v) is 20.2. The summed E-state index contributed by atoms with van der Waals surface area (Å²) in [4.78, 5) is 19.7. The van der Waals surface area contributed by atoms with Gasteiger partial charge in [-0.1, -0.05) is 127 Å². The van der Waals surface area contributed by atoms with Crippen molar-refractivity contribution in [2.75, 3.05) is 0 Å². The molecule has 3 rings (SSSR count). The van der Waals surface area contributed by atoms with Crippen LogP contribution in [0.15, 0.2) is 36.4 Å². The lowest BCUT2D eigenvalue weighted by Crippen LogP contribution is -2.33. The number of aromatic hydroxyl groups is 2. The Labute approximate surface area is 311 Å². The van der Waals surface area contributed by atoms with E-state index < -0.39 is 14.0 Å². The number of hydrogen-bond acceptors (Lipinski definition) is 5. The number of aryl methyl sites for hydroxylation is 3. The summed E-state index contributed by atoms with van der Waals surface area (Å²) in [7, 11) is -2.55. The summed E-state index contributed by atoms with van der Waals surface area (Å²) in [6, 6.07) is 12.7. The van der Waals surface area contributed by atoms with Gasteiger partial charge in [0.25, 0.3) is 0 Å². The molecule has 0 heterocycles. The lowest BCUT2D eigenvalue weighted by atomic mass is 9.62. The van der Waals surface area contributed by atoms with Crippen LogP contribution in [-0.4, -0.2) is 20.0 Å². The van der Waals surface area contributed by atoms with Gasteiger partial charge in [-0.2, -0.15) is 0 Å². The number of benzene rings is 3. The standard InChI is InChI=1S/C45H69O5P/c1-28(2)19-17-16-18-20-45(34-25-36(42(7,8)9)39(46)21-30(34)4,35-26-37(43(10,11)12)40(47)22-31(35)5)27-32(6)33-24-38(44(13,14)15)41(23-29(33)3)50-51(48)49/h21-26,28,32,46-49H,16-20,27H2,1-15H3. The van der Waals surface area contributed by atoms with Gasteiger partial charge in [-0.25, -0.2) is 0 Å². The number of unbranched alkanes of at least 4 members (excludes halogenated alkanes) is 2. The van der Waals surface area contributed by atoms with Gasteiger partial charge in [-0.3, -0.25) is 0 Å². The molecular formula is C45H69O5P. The zero-order chi connectivity index (χ0) is 38.9. The van der Waals surface area contributed by atoms with Gasteiger partial charge in [0, 0.05) is 11.0 Å². The lowest BCUT2D eigenvalue weighted by Gasteiger charge is -2.42. The summed E-state index contributed by atoms with van der Waals surface area (Å²) in [6.45, 7) is 32.6. The van der Waals surface area contributed by atoms with E-state index >= 15 is 0 Å². The monoisotopic (exact) mass is 720 g/mol. The van der Waals surface area contributed by atoms with Gasteiger partial charge in [0.15, 0.2) is 0 Å². The predicted octanol–water partition coefficient (Wildman–Crippen LogP) is 12.6. The van der Waals surface area contributed by atoms with Crippen LogP contribution >= 0.6 is 8.60 Å². The molecule has 0 radical (unpaired) electrons. The SMILES string of the molecule is Cc1cc(OP(O)O)c(C(C)(C)C)cc1C(C)CC(CCCCCC(C)C)(c1cc(C(C)(C)C)c(O)cc1C)c1cc(C(C)(C)C)c(O)cc1C.